The van der Waals surface area contributed by atoms with E-state index in [1.54, 1.807) is 0 Å². The molecule has 0 aliphatic heterocycles. The largest absolute Gasteiger partial charge is 0.299 e. The van der Waals surface area contributed by atoms with Crippen molar-refractivity contribution in [1.29, 1.82) is 0 Å². The average Bonchev–Trinajstić information content (AvgIpc) is 2.02. The van der Waals surface area contributed by atoms with Gasteiger partial charge in [-0.25, -0.2) is 0 Å². The van der Waals surface area contributed by atoms with Crippen molar-refractivity contribution in [3.05, 3.63) is 0 Å². The van der Waals surface area contributed by atoms with Gasteiger partial charge in [-0.1, -0.05) is 34.6 Å². The van der Waals surface area contributed by atoms with Gasteiger partial charge >= 0.3 is 0 Å². The average molecular weight is 196 g/mol. The van der Waals surface area contributed by atoms with Crippen molar-refractivity contribution in [1.82, 2.24) is 0 Å². The molecule has 0 N–H and O–H groups in total. The molecule has 0 bridgehead atoms. The Morgan fingerprint density at radius 3 is 2.29 bits per heavy atom. The van der Waals surface area contributed by atoms with Gasteiger partial charge in [-0.3, -0.25) is 4.79 Å². The molecule has 1 nitrogen and oxygen atoms in total. The Morgan fingerprint density at radius 1 is 1.29 bits per heavy atom. The standard InChI is InChI=1S/C13H24O/c1-9(2)11-8-10(13(3,4)5)6-7-12(11)14/h9-11H,6-8H2,1-5H3. The maximum absolute atomic E-state index is 11.7. The summed E-state index contributed by atoms with van der Waals surface area (Å²) in [4.78, 5) is 11.7. The zero-order valence-corrected chi connectivity index (χ0v) is 10.3. The zero-order chi connectivity index (χ0) is 10.9. The van der Waals surface area contributed by atoms with E-state index >= 15 is 0 Å². The molecule has 0 heterocycles. The van der Waals surface area contributed by atoms with Crippen LogP contribution in [-0.2, 0) is 4.79 Å². The Labute approximate surface area is 88.3 Å². The fraction of sp³-hybridized carbons (Fsp3) is 0.923. The molecule has 2 atom stereocenters. The summed E-state index contributed by atoms with van der Waals surface area (Å²) in [7, 11) is 0. The van der Waals surface area contributed by atoms with E-state index in [2.05, 4.69) is 34.6 Å². The van der Waals surface area contributed by atoms with Gasteiger partial charge in [0.25, 0.3) is 0 Å². The lowest BCUT2D eigenvalue weighted by atomic mass is 9.66. The third-order valence-corrected chi connectivity index (χ3v) is 3.72. The van der Waals surface area contributed by atoms with Gasteiger partial charge in [-0.15, -0.1) is 0 Å². The summed E-state index contributed by atoms with van der Waals surface area (Å²) in [5.41, 5.74) is 0.369. The van der Waals surface area contributed by atoms with Crippen molar-refractivity contribution in [3.8, 4) is 0 Å². The van der Waals surface area contributed by atoms with Crippen molar-refractivity contribution < 1.29 is 4.79 Å². The molecule has 1 heteroatoms. The first-order valence-corrected chi connectivity index (χ1v) is 5.85. The highest BCUT2D eigenvalue weighted by molar-refractivity contribution is 5.82. The number of carbonyl (C=O) groups is 1. The van der Waals surface area contributed by atoms with E-state index in [1.807, 2.05) is 0 Å². The molecule has 0 saturated heterocycles. The first-order chi connectivity index (χ1) is 6.32. The molecule has 1 rings (SSSR count). The second-order valence-electron chi connectivity index (χ2n) is 6.15. The number of rotatable bonds is 1. The molecule has 0 amide bonds. The smallest absolute Gasteiger partial charge is 0.136 e. The normalized spacial score (nSPS) is 29.7. The lowest BCUT2D eigenvalue weighted by Crippen LogP contribution is -2.34. The van der Waals surface area contributed by atoms with E-state index in [0.29, 0.717) is 23.0 Å². The van der Waals surface area contributed by atoms with E-state index in [-0.39, 0.29) is 0 Å². The predicted octanol–water partition coefficient (Wildman–Crippen LogP) is 3.67. The maximum Gasteiger partial charge on any atom is 0.136 e. The van der Waals surface area contributed by atoms with Gasteiger partial charge in [0, 0.05) is 12.3 Å². The van der Waals surface area contributed by atoms with Crippen molar-refractivity contribution in [3.63, 3.8) is 0 Å². The van der Waals surface area contributed by atoms with Crippen LogP contribution in [0.5, 0.6) is 0 Å². The van der Waals surface area contributed by atoms with Gasteiger partial charge in [-0.05, 0) is 30.1 Å². The minimum absolute atomic E-state index is 0.327. The monoisotopic (exact) mass is 196 g/mol. The zero-order valence-electron chi connectivity index (χ0n) is 10.3. The summed E-state index contributed by atoms with van der Waals surface area (Å²) in [6.07, 6.45) is 3.02. The maximum atomic E-state index is 11.7. The van der Waals surface area contributed by atoms with E-state index in [1.165, 1.54) is 0 Å². The van der Waals surface area contributed by atoms with Crippen LogP contribution in [-0.4, -0.2) is 5.78 Å². The lowest BCUT2D eigenvalue weighted by Gasteiger charge is -2.38. The van der Waals surface area contributed by atoms with Gasteiger partial charge in [0.15, 0.2) is 0 Å². The number of carbonyl (C=O) groups excluding carboxylic acids is 1. The molecule has 0 aromatic rings. The van der Waals surface area contributed by atoms with Gasteiger partial charge in [0.05, 0.1) is 0 Å². The molecule has 2 unspecified atom stereocenters. The van der Waals surface area contributed by atoms with Crippen LogP contribution in [0.4, 0.5) is 0 Å². The molecular formula is C13H24O. The predicted molar refractivity (Wildman–Crippen MR) is 60.1 cm³/mol. The number of Topliss-reactive ketones (excluding diaryl/α,β-unsaturated/α-hetero) is 1. The van der Waals surface area contributed by atoms with Crippen LogP contribution in [0.1, 0.15) is 53.9 Å². The van der Waals surface area contributed by atoms with Crippen molar-refractivity contribution in [2.24, 2.45) is 23.2 Å². The van der Waals surface area contributed by atoms with Gasteiger partial charge < -0.3 is 0 Å². The summed E-state index contributed by atoms with van der Waals surface area (Å²) in [5, 5.41) is 0. The van der Waals surface area contributed by atoms with Crippen LogP contribution in [0.2, 0.25) is 0 Å². The SMILES string of the molecule is CC(C)C1CC(C(C)(C)C)CCC1=O. The molecular weight excluding hydrogens is 172 g/mol. The fourth-order valence-electron chi connectivity index (χ4n) is 2.49. The first kappa shape index (κ1) is 11.7. The molecule has 1 saturated carbocycles. The second-order valence-corrected chi connectivity index (χ2v) is 6.15. The molecule has 1 aliphatic carbocycles. The fourth-order valence-corrected chi connectivity index (χ4v) is 2.49. The molecule has 82 valence electrons. The Hall–Kier alpha value is -0.330. The van der Waals surface area contributed by atoms with Gasteiger partial charge in [-0.2, -0.15) is 0 Å². The van der Waals surface area contributed by atoms with Crippen molar-refractivity contribution in [2.45, 2.75) is 53.9 Å². The summed E-state index contributed by atoms with van der Waals surface area (Å²) >= 11 is 0. The second kappa shape index (κ2) is 4.04. The van der Waals surface area contributed by atoms with E-state index in [9.17, 15) is 4.79 Å². The Balaban J connectivity index is 2.67. The topological polar surface area (TPSA) is 17.1 Å². The lowest BCUT2D eigenvalue weighted by molar-refractivity contribution is -0.128. The molecule has 14 heavy (non-hydrogen) atoms. The molecule has 0 aromatic carbocycles. The Kier molecular flexibility index (Phi) is 3.39. The number of ketones is 1. The van der Waals surface area contributed by atoms with Crippen LogP contribution < -0.4 is 0 Å². The Bertz CT molecular complexity index is 210. The summed E-state index contributed by atoms with van der Waals surface area (Å²) in [6.45, 7) is 11.2. The quantitative estimate of drug-likeness (QED) is 0.625. The molecule has 0 radical (unpaired) electrons. The minimum Gasteiger partial charge on any atom is -0.299 e. The van der Waals surface area contributed by atoms with Crippen LogP contribution >= 0.6 is 0 Å². The minimum atomic E-state index is 0.327. The molecule has 0 aromatic heterocycles. The van der Waals surface area contributed by atoms with E-state index < -0.39 is 0 Å². The highest BCUT2D eigenvalue weighted by Gasteiger charge is 2.35. The number of hydrogen-bond donors (Lipinski definition) is 0. The van der Waals surface area contributed by atoms with E-state index in [4.69, 9.17) is 0 Å². The van der Waals surface area contributed by atoms with Crippen molar-refractivity contribution in [2.75, 3.05) is 0 Å². The van der Waals surface area contributed by atoms with E-state index in [0.717, 1.165) is 25.2 Å². The van der Waals surface area contributed by atoms with Gasteiger partial charge in [0.1, 0.15) is 5.78 Å². The molecule has 0 spiro atoms. The van der Waals surface area contributed by atoms with Crippen LogP contribution in [0, 0.1) is 23.2 Å². The summed E-state index contributed by atoms with van der Waals surface area (Å²) in [5.74, 6) is 2.08. The van der Waals surface area contributed by atoms with Crippen LogP contribution in [0.25, 0.3) is 0 Å². The molecule has 1 aliphatic rings. The molecule has 1 fully saturated rings. The Morgan fingerprint density at radius 2 is 1.86 bits per heavy atom. The third kappa shape index (κ3) is 2.59. The number of hydrogen-bond acceptors (Lipinski definition) is 1. The first-order valence-electron chi connectivity index (χ1n) is 5.85. The van der Waals surface area contributed by atoms with Crippen LogP contribution in [0.15, 0.2) is 0 Å². The van der Waals surface area contributed by atoms with Gasteiger partial charge in [0.2, 0.25) is 0 Å². The summed E-state index contributed by atoms with van der Waals surface area (Å²) in [6, 6.07) is 0. The summed E-state index contributed by atoms with van der Waals surface area (Å²) < 4.78 is 0. The third-order valence-electron chi connectivity index (χ3n) is 3.72. The highest BCUT2D eigenvalue weighted by Crippen LogP contribution is 2.40. The van der Waals surface area contributed by atoms with Crippen LogP contribution in [0.3, 0.4) is 0 Å². The van der Waals surface area contributed by atoms with Crippen molar-refractivity contribution >= 4 is 5.78 Å². The highest BCUT2D eigenvalue weighted by atomic mass is 16.1.